The highest BCUT2D eigenvalue weighted by Gasteiger charge is 2.35. The van der Waals surface area contributed by atoms with Crippen molar-refractivity contribution in [3.8, 4) is 0 Å². The lowest BCUT2D eigenvalue weighted by Crippen LogP contribution is -2.50. The van der Waals surface area contributed by atoms with Gasteiger partial charge in [-0.2, -0.15) is 0 Å². The van der Waals surface area contributed by atoms with Gasteiger partial charge in [0.1, 0.15) is 0 Å². The minimum atomic E-state index is 0.481. The Morgan fingerprint density at radius 2 is 1.80 bits per heavy atom. The lowest BCUT2D eigenvalue weighted by Gasteiger charge is -2.41. The van der Waals surface area contributed by atoms with Gasteiger partial charge in [0.05, 0.1) is 0 Å². The number of hydrogen-bond donors (Lipinski definition) is 1. The van der Waals surface area contributed by atoms with Crippen LogP contribution in [-0.4, -0.2) is 12.1 Å². The lowest BCUT2D eigenvalue weighted by molar-refractivity contribution is 0.172. The Hall–Kier alpha value is -0.0400. The molecule has 0 saturated carbocycles. The van der Waals surface area contributed by atoms with Crippen LogP contribution in [0.25, 0.3) is 0 Å². The highest BCUT2D eigenvalue weighted by Crippen LogP contribution is 2.35. The fourth-order valence-corrected chi connectivity index (χ4v) is 3.45. The van der Waals surface area contributed by atoms with Gasteiger partial charge in [-0.1, -0.05) is 52.9 Å². The maximum Gasteiger partial charge on any atom is 0.0209 e. The average Bonchev–Trinajstić information content (AvgIpc) is 2.47. The first-order chi connectivity index (χ1) is 7.29. The molecule has 1 nitrogen and oxygen atoms in total. The molecule has 90 valence electrons. The quantitative estimate of drug-likeness (QED) is 0.721. The molecule has 1 N–H and O–H groups in total. The largest absolute Gasteiger partial charge is 0.311 e. The van der Waals surface area contributed by atoms with E-state index in [1.807, 2.05) is 0 Å². The minimum absolute atomic E-state index is 0.481. The Bertz CT molecular complexity index is 153. The summed E-state index contributed by atoms with van der Waals surface area (Å²) < 4.78 is 0. The van der Waals surface area contributed by atoms with Gasteiger partial charge >= 0.3 is 0 Å². The smallest absolute Gasteiger partial charge is 0.0209 e. The third-order valence-corrected chi connectivity index (χ3v) is 4.24. The predicted molar refractivity (Wildman–Crippen MR) is 68.2 cm³/mol. The zero-order chi connectivity index (χ0) is 11.1. The molecule has 1 aliphatic heterocycles. The predicted octanol–water partition coefficient (Wildman–Crippen LogP) is 4.13. The van der Waals surface area contributed by atoms with Gasteiger partial charge in [0, 0.05) is 5.54 Å². The van der Waals surface area contributed by atoms with E-state index in [9.17, 15) is 0 Å². The van der Waals surface area contributed by atoms with E-state index >= 15 is 0 Å². The van der Waals surface area contributed by atoms with Gasteiger partial charge < -0.3 is 5.32 Å². The van der Waals surface area contributed by atoms with Crippen LogP contribution in [0.2, 0.25) is 0 Å². The second-order valence-corrected chi connectivity index (χ2v) is 5.16. The summed E-state index contributed by atoms with van der Waals surface area (Å²) in [5.74, 6) is 0.885. The summed E-state index contributed by atoms with van der Waals surface area (Å²) in [6.07, 6.45) is 11.0. The van der Waals surface area contributed by atoms with Crippen LogP contribution in [0.5, 0.6) is 0 Å². The molecule has 1 unspecified atom stereocenters. The van der Waals surface area contributed by atoms with Crippen molar-refractivity contribution in [3.63, 3.8) is 0 Å². The summed E-state index contributed by atoms with van der Waals surface area (Å²) in [7, 11) is 0. The van der Waals surface area contributed by atoms with E-state index < -0.39 is 0 Å². The van der Waals surface area contributed by atoms with Gasteiger partial charge in [0.25, 0.3) is 0 Å². The van der Waals surface area contributed by atoms with E-state index in [2.05, 4.69) is 26.1 Å². The number of hydrogen-bond acceptors (Lipinski definition) is 1. The maximum atomic E-state index is 3.90. The molecule has 0 aliphatic carbocycles. The Morgan fingerprint density at radius 1 is 1.07 bits per heavy atom. The summed E-state index contributed by atoms with van der Waals surface area (Å²) in [4.78, 5) is 0. The van der Waals surface area contributed by atoms with Crippen molar-refractivity contribution >= 4 is 0 Å². The van der Waals surface area contributed by atoms with Crippen LogP contribution in [0.1, 0.15) is 72.1 Å². The van der Waals surface area contributed by atoms with E-state index in [1.165, 1.54) is 57.9 Å². The van der Waals surface area contributed by atoms with Crippen molar-refractivity contribution in [2.75, 3.05) is 6.54 Å². The van der Waals surface area contributed by atoms with Gasteiger partial charge in [0.15, 0.2) is 0 Å². The molecule has 0 bridgehead atoms. The summed E-state index contributed by atoms with van der Waals surface area (Å²) in [6, 6.07) is 0. The second-order valence-electron chi connectivity index (χ2n) is 5.16. The zero-order valence-corrected chi connectivity index (χ0v) is 10.9. The molecule has 0 aromatic rings. The van der Waals surface area contributed by atoms with Crippen molar-refractivity contribution < 1.29 is 0 Å². The zero-order valence-electron chi connectivity index (χ0n) is 10.9. The fourth-order valence-electron chi connectivity index (χ4n) is 3.45. The molecule has 0 aromatic carbocycles. The molecule has 1 heteroatoms. The van der Waals surface area contributed by atoms with Crippen molar-refractivity contribution in [1.82, 2.24) is 5.32 Å². The molecule has 1 atom stereocenters. The van der Waals surface area contributed by atoms with Crippen molar-refractivity contribution in [1.29, 1.82) is 0 Å². The third kappa shape index (κ3) is 3.21. The van der Waals surface area contributed by atoms with Crippen molar-refractivity contribution in [2.45, 2.75) is 77.7 Å². The van der Waals surface area contributed by atoms with Crippen LogP contribution in [0.4, 0.5) is 0 Å². The van der Waals surface area contributed by atoms with Crippen LogP contribution in [0, 0.1) is 5.92 Å². The van der Waals surface area contributed by atoms with E-state index in [0.717, 1.165) is 5.92 Å². The molecule has 0 radical (unpaired) electrons. The monoisotopic (exact) mass is 211 g/mol. The summed E-state index contributed by atoms with van der Waals surface area (Å²) in [5.41, 5.74) is 0.481. The summed E-state index contributed by atoms with van der Waals surface area (Å²) in [5, 5.41) is 3.90. The first kappa shape index (κ1) is 13.0. The molecule has 0 aromatic heterocycles. The van der Waals surface area contributed by atoms with Gasteiger partial charge in [-0.05, 0) is 31.7 Å². The normalized spacial score (nSPS) is 28.0. The van der Waals surface area contributed by atoms with Crippen LogP contribution >= 0.6 is 0 Å². The molecule has 1 rings (SSSR count). The van der Waals surface area contributed by atoms with E-state index in [4.69, 9.17) is 0 Å². The highest BCUT2D eigenvalue weighted by atomic mass is 15.0. The number of nitrogens with one attached hydrogen (secondary N) is 1. The highest BCUT2D eigenvalue weighted by molar-refractivity contribution is 4.94. The SMILES string of the molecule is CCCC1(C(CC)CC)CCCCCN1. The average molecular weight is 211 g/mol. The molecular formula is C14H29N. The molecule has 1 aliphatic rings. The minimum Gasteiger partial charge on any atom is -0.311 e. The van der Waals surface area contributed by atoms with Crippen LogP contribution < -0.4 is 5.32 Å². The molecule has 1 saturated heterocycles. The first-order valence-electron chi connectivity index (χ1n) is 7.04. The second kappa shape index (κ2) is 6.52. The Morgan fingerprint density at radius 3 is 2.40 bits per heavy atom. The molecular weight excluding hydrogens is 182 g/mol. The fraction of sp³-hybridized carbons (Fsp3) is 1.00. The van der Waals surface area contributed by atoms with Gasteiger partial charge in [-0.15, -0.1) is 0 Å². The van der Waals surface area contributed by atoms with Crippen LogP contribution in [-0.2, 0) is 0 Å². The summed E-state index contributed by atoms with van der Waals surface area (Å²) >= 11 is 0. The Kier molecular flexibility index (Phi) is 5.66. The van der Waals surface area contributed by atoms with Crippen LogP contribution in [0.15, 0.2) is 0 Å². The molecule has 15 heavy (non-hydrogen) atoms. The Labute approximate surface area is 96.0 Å². The van der Waals surface area contributed by atoms with Gasteiger partial charge in [-0.3, -0.25) is 0 Å². The lowest BCUT2D eigenvalue weighted by atomic mass is 9.74. The molecule has 1 fully saturated rings. The number of rotatable bonds is 5. The standard InChI is InChI=1S/C14H29N/c1-4-10-14(13(5-2)6-3)11-8-7-9-12-15-14/h13,15H,4-12H2,1-3H3. The van der Waals surface area contributed by atoms with E-state index in [0.29, 0.717) is 5.54 Å². The first-order valence-corrected chi connectivity index (χ1v) is 7.04. The molecule has 1 heterocycles. The van der Waals surface area contributed by atoms with Crippen molar-refractivity contribution in [3.05, 3.63) is 0 Å². The topological polar surface area (TPSA) is 12.0 Å². The van der Waals surface area contributed by atoms with Gasteiger partial charge in [0.2, 0.25) is 0 Å². The van der Waals surface area contributed by atoms with Gasteiger partial charge in [-0.25, -0.2) is 0 Å². The maximum absolute atomic E-state index is 3.90. The summed E-state index contributed by atoms with van der Waals surface area (Å²) in [6.45, 7) is 8.30. The van der Waals surface area contributed by atoms with E-state index in [1.54, 1.807) is 0 Å². The molecule has 0 spiro atoms. The molecule has 0 amide bonds. The Balaban J connectivity index is 2.73. The third-order valence-electron chi connectivity index (χ3n) is 4.24. The van der Waals surface area contributed by atoms with E-state index in [-0.39, 0.29) is 0 Å². The van der Waals surface area contributed by atoms with Crippen LogP contribution in [0.3, 0.4) is 0 Å². The van der Waals surface area contributed by atoms with Crippen molar-refractivity contribution in [2.24, 2.45) is 5.92 Å².